The van der Waals surface area contributed by atoms with Crippen molar-refractivity contribution in [2.24, 2.45) is 0 Å². The molecule has 180 valence electrons. The summed E-state index contributed by atoms with van der Waals surface area (Å²) in [6.07, 6.45) is 16.3. The molecule has 2 nitrogen and oxygen atoms in total. The largest absolute Gasteiger partial charge is 0.870 e. The van der Waals surface area contributed by atoms with E-state index in [0.717, 1.165) is 0 Å². The molecule has 0 aliphatic heterocycles. The molecule has 0 atom stereocenters. The molecule has 0 bridgehead atoms. The Balaban J connectivity index is 0.00000512. The van der Waals surface area contributed by atoms with Gasteiger partial charge in [-0.25, -0.2) is 0 Å². The standard InChI is InChI=1S/C30H48N.H2O/c1-3-5-7-9-17-25-31(26-18-10-8-6-4-2,27-23-29-19-13-11-14-20-29)28-24-30-21-15-12-16-22-30;/h11-16,19-22H,3-10,17-18,23-28H2,1-2H3;1H2/q+1;/p-1. The van der Waals surface area contributed by atoms with Crippen LogP contribution in [0.5, 0.6) is 0 Å². The van der Waals surface area contributed by atoms with Crippen LogP contribution in [0.2, 0.25) is 0 Å². The molecule has 0 fully saturated rings. The first kappa shape index (κ1) is 28.4. The van der Waals surface area contributed by atoms with Gasteiger partial charge in [-0.15, -0.1) is 0 Å². The SMILES string of the molecule is CCCCCCC[N+](CCCCCCC)(CCc1ccccc1)CCc1ccccc1.[OH-]. The second-order valence-corrected chi connectivity index (χ2v) is 9.54. The number of hydrogen-bond acceptors (Lipinski definition) is 1. The van der Waals surface area contributed by atoms with Crippen molar-refractivity contribution in [2.45, 2.75) is 90.9 Å². The summed E-state index contributed by atoms with van der Waals surface area (Å²) < 4.78 is 1.31. The molecule has 0 radical (unpaired) electrons. The van der Waals surface area contributed by atoms with E-state index >= 15 is 0 Å². The molecule has 0 aliphatic carbocycles. The van der Waals surface area contributed by atoms with E-state index in [0.29, 0.717) is 0 Å². The molecule has 0 spiro atoms. The van der Waals surface area contributed by atoms with Crippen molar-refractivity contribution < 1.29 is 9.96 Å². The van der Waals surface area contributed by atoms with Gasteiger partial charge in [0.15, 0.2) is 0 Å². The first-order chi connectivity index (χ1) is 15.3. The van der Waals surface area contributed by atoms with Crippen molar-refractivity contribution in [2.75, 3.05) is 26.2 Å². The Bertz CT molecular complexity index is 596. The van der Waals surface area contributed by atoms with Gasteiger partial charge in [0.05, 0.1) is 26.2 Å². The van der Waals surface area contributed by atoms with Crippen LogP contribution >= 0.6 is 0 Å². The Kier molecular flexibility index (Phi) is 15.8. The number of rotatable bonds is 18. The van der Waals surface area contributed by atoms with Crippen molar-refractivity contribution in [1.82, 2.24) is 0 Å². The van der Waals surface area contributed by atoms with E-state index in [2.05, 4.69) is 74.5 Å². The zero-order valence-electron chi connectivity index (χ0n) is 21.0. The predicted octanol–water partition coefficient (Wildman–Crippen LogP) is 8.05. The molecule has 0 unspecified atom stereocenters. The van der Waals surface area contributed by atoms with Gasteiger partial charge in [-0.05, 0) is 36.8 Å². The summed E-state index contributed by atoms with van der Waals surface area (Å²) in [7, 11) is 0. The van der Waals surface area contributed by atoms with Crippen LogP contribution in [-0.2, 0) is 12.8 Å². The van der Waals surface area contributed by atoms with Gasteiger partial charge in [-0.3, -0.25) is 0 Å². The van der Waals surface area contributed by atoms with Crippen LogP contribution in [0, 0.1) is 0 Å². The van der Waals surface area contributed by atoms with Crippen molar-refractivity contribution in [1.29, 1.82) is 0 Å². The Morgan fingerprint density at radius 2 is 0.844 bits per heavy atom. The number of nitrogens with zero attached hydrogens (tertiary/aromatic N) is 1. The van der Waals surface area contributed by atoms with E-state index in [1.54, 1.807) is 0 Å². The third-order valence-corrected chi connectivity index (χ3v) is 6.91. The van der Waals surface area contributed by atoms with Gasteiger partial charge in [0.25, 0.3) is 0 Å². The molecule has 0 saturated heterocycles. The number of benzene rings is 2. The highest BCUT2D eigenvalue weighted by Gasteiger charge is 2.26. The minimum Gasteiger partial charge on any atom is -0.870 e. The molecular weight excluding hydrogens is 390 g/mol. The number of hydrogen-bond donors (Lipinski definition) is 0. The predicted molar refractivity (Wildman–Crippen MR) is 139 cm³/mol. The molecule has 0 saturated carbocycles. The van der Waals surface area contributed by atoms with Crippen LogP contribution in [0.25, 0.3) is 0 Å². The van der Waals surface area contributed by atoms with Crippen LogP contribution in [0.4, 0.5) is 0 Å². The maximum atomic E-state index is 2.32. The lowest BCUT2D eigenvalue weighted by atomic mass is 10.0. The quantitative estimate of drug-likeness (QED) is 0.171. The second kappa shape index (κ2) is 17.9. The van der Waals surface area contributed by atoms with Crippen molar-refractivity contribution >= 4 is 0 Å². The topological polar surface area (TPSA) is 30.0 Å². The van der Waals surface area contributed by atoms with Gasteiger partial charge in [0.2, 0.25) is 0 Å². The molecular formula is C30H49NO. The molecule has 32 heavy (non-hydrogen) atoms. The summed E-state index contributed by atoms with van der Waals surface area (Å²) >= 11 is 0. The van der Waals surface area contributed by atoms with Gasteiger partial charge >= 0.3 is 0 Å². The van der Waals surface area contributed by atoms with Crippen molar-refractivity contribution in [3.63, 3.8) is 0 Å². The average Bonchev–Trinajstić information content (AvgIpc) is 2.82. The molecule has 0 amide bonds. The lowest BCUT2D eigenvalue weighted by molar-refractivity contribution is -0.928. The normalized spacial score (nSPS) is 11.3. The highest BCUT2D eigenvalue weighted by atomic mass is 16.0. The molecule has 0 aromatic heterocycles. The smallest absolute Gasteiger partial charge is 0.0827 e. The Hall–Kier alpha value is -1.64. The maximum Gasteiger partial charge on any atom is 0.0827 e. The summed E-state index contributed by atoms with van der Waals surface area (Å²) in [6, 6.07) is 22.3. The summed E-state index contributed by atoms with van der Waals surface area (Å²) in [5.41, 5.74) is 3.00. The summed E-state index contributed by atoms with van der Waals surface area (Å²) in [6.45, 7) is 9.93. The molecule has 2 aromatic carbocycles. The minimum atomic E-state index is 0. The fourth-order valence-corrected chi connectivity index (χ4v) is 4.79. The van der Waals surface area contributed by atoms with Gasteiger partial charge < -0.3 is 9.96 Å². The van der Waals surface area contributed by atoms with Crippen molar-refractivity contribution in [3.05, 3.63) is 71.8 Å². The summed E-state index contributed by atoms with van der Waals surface area (Å²) in [5.74, 6) is 0. The first-order valence-electron chi connectivity index (χ1n) is 13.2. The van der Waals surface area contributed by atoms with Gasteiger partial charge in [-0.1, -0.05) is 113 Å². The monoisotopic (exact) mass is 439 g/mol. The molecule has 1 N–H and O–H groups in total. The fourth-order valence-electron chi connectivity index (χ4n) is 4.79. The van der Waals surface area contributed by atoms with Gasteiger partial charge in [-0.2, -0.15) is 0 Å². The molecule has 2 rings (SSSR count). The van der Waals surface area contributed by atoms with Crippen LogP contribution in [0.3, 0.4) is 0 Å². The third kappa shape index (κ3) is 11.8. The van der Waals surface area contributed by atoms with E-state index in [1.807, 2.05) is 0 Å². The van der Waals surface area contributed by atoms with Crippen LogP contribution in [-0.4, -0.2) is 36.1 Å². The first-order valence-corrected chi connectivity index (χ1v) is 13.2. The third-order valence-electron chi connectivity index (χ3n) is 6.91. The van der Waals surface area contributed by atoms with Gasteiger partial charge in [0.1, 0.15) is 0 Å². The Morgan fingerprint density at radius 1 is 0.469 bits per heavy atom. The van der Waals surface area contributed by atoms with E-state index < -0.39 is 0 Å². The molecule has 2 heteroatoms. The van der Waals surface area contributed by atoms with Crippen LogP contribution in [0.15, 0.2) is 60.7 Å². The van der Waals surface area contributed by atoms with E-state index in [-0.39, 0.29) is 5.48 Å². The summed E-state index contributed by atoms with van der Waals surface area (Å²) in [4.78, 5) is 0. The van der Waals surface area contributed by atoms with Crippen molar-refractivity contribution in [3.8, 4) is 0 Å². The Morgan fingerprint density at radius 3 is 1.22 bits per heavy atom. The second-order valence-electron chi connectivity index (χ2n) is 9.54. The lowest BCUT2D eigenvalue weighted by Crippen LogP contribution is -2.52. The highest BCUT2D eigenvalue weighted by Crippen LogP contribution is 2.19. The molecule has 0 heterocycles. The maximum absolute atomic E-state index is 2.32. The number of quaternary nitrogens is 1. The van der Waals surface area contributed by atoms with E-state index in [1.165, 1.54) is 119 Å². The average molecular weight is 440 g/mol. The van der Waals surface area contributed by atoms with Crippen LogP contribution < -0.4 is 0 Å². The molecule has 0 aliphatic rings. The fraction of sp³-hybridized carbons (Fsp3) is 0.600. The van der Waals surface area contributed by atoms with E-state index in [4.69, 9.17) is 0 Å². The molecule has 2 aromatic rings. The zero-order chi connectivity index (χ0) is 22.0. The Labute approximate surface area is 199 Å². The zero-order valence-corrected chi connectivity index (χ0v) is 21.0. The lowest BCUT2D eigenvalue weighted by Gasteiger charge is -2.39. The summed E-state index contributed by atoms with van der Waals surface area (Å²) in [5, 5.41) is 0. The van der Waals surface area contributed by atoms with Crippen LogP contribution in [0.1, 0.15) is 89.2 Å². The van der Waals surface area contributed by atoms with Gasteiger partial charge in [0, 0.05) is 12.8 Å². The minimum absolute atomic E-state index is 0. The van der Waals surface area contributed by atoms with E-state index in [9.17, 15) is 0 Å². The highest BCUT2D eigenvalue weighted by molar-refractivity contribution is 5.15. The number of unbranched alkanes of at least 4 members (excludes halogenated alkanes) is 8.